The van der Waals surface area contributed by atoms with E-state index in [0.29, 0.717) is 23.7 Å². The zero-order valence-electron chi connectivity index (χ0n) is 10.5. The van der Waals surface area contributed by atoms with E-state index in [1.165, 1.54) is 0 Å². The molecule has 2 heterocycles. The van der Waals surface area contributed by atoms with Crippen molar-refractivity contribution in [2.45, 2.75) is 19.9 Å². The van der Waals surface area contributed by atoms with Crippen molar-refractivity contribution in [3.63, 3.8) is 0 Å². The standard InChI is InChI=1S/C14H13ClN2O2/c1-9-10-6-7-17(8-13(10)19-16-9)14(18)11-4-2-3-5-12(11)15/h2-5H,6-8H2,1H3. The number of amides is 1. The fourth-order valence-corrected chi connectivity index (χ4v) is 2.57. The SMILES string of the molecule is Cc1noc2c1CCN(C(=O)c1ccccc1Cl)C2. The second-order valence-corrected chi connectivity index (χ2v) is 5.03. The summed E-state index contributed by atoms with van der Waals surface area (Å²) < 4.78 is 5.26. The Bertz CT molecular complexity index is 636. The molecule has 0 bridgehead atoms. The zero-order valence-corrected chi connectivity index (χ0v) is 11.3. The van der Waals surface area contributed by atoms with Gasteiger partial charge in [0.05, 0.1) is 22.8 Å². The number of fused-ring (bicyclic) bond motifs is 1. The highest BCUT2D eigenvalue weighted by molar-refractivity contribution is 6.33. The van der Waals surface area contributed by atoms with Gasteiger partial charge < -0.3 is 9.42 Å². The average Bonchev–Trinajstić information content (AvgIpc) is 2.80. The number of aromatic nitrogens is 1. The molecule has 0 spiro atoms. The Balaban J connectivity index is 1.86. The van der Waals surface area contributed by atoms with Crippen LogP contribution in [0.2, 0.25) is 5.02 Å². The molecule has 0 unspecified atom stereocenters. The number of hydrogen-bond acceptors (Lipinski definition) is 3. The second-order valence-electron chi connectivity index (χ2n) is 4.63. The van der Waals surface area contributed by atoms with Gasteiger partial charge in [-0.3, -0.25) is 4.79 Å². The summed E-state index contributed by atoms with van der Waals surface area (Å²) >= 11 is 6.06. The van der Waals surface area contributed by atoms with Crippen LogP contribution in [0.3, 0.4) is 0 Å². The van der Waals surface area contributed by atoms with E-state index >= 15 is 0 Å². The molecule has 98 valence electrons. The maximum absolute atomic E-state index is 12.4. The molecule has 1 aromatic heterocycles. The van der Waals surface area contributed by atoms with Gasteiger partial charge in [0.1, 0.15) is 0 Å². The van der Waals surface area contributed by atoms with Crippen LogP contribution in [-0.2, 0) is 13.0 Å². The van der Waals surface area contributed by atoms with Gasteiger partial charge in [0.25, 0.3) is 5.91 Å². The Morgan fingerprint density at radius 2 is 2.21 bits per heavy atom. The fraction of sp³-hybridized carbons (Fsp3) is 0.286. The Morgan fingerprint density at radius 3 is 3.00 bits per heavy atom. The maximum atomic E-state index is 12.4. The summed E-state index contributed by atoms with van der Waals surface area (Å²) in [6.07, 6.45) is 0.779. The molecule has 1 aliphatic heterocycles. The highest BCUT2D eigenvalue weighted by atomic mass is 35.5. The summed E-state index contributed by atoms with van der Waals surface area (Å²) in [5, 5.41) is 4.42. The van der Waals surface area contributed by atoms with Crippen molar-refractivity contribution < 1.29 is 9.32 Å². The summed E-state index contributed by atoms with van der Waals surface area (Å²) in [5.41, 5.74) is 2.58. The van der Waals surface area contributed by atoms with E-state index in [2.05, 4.69) is 5.16 Å². The number of nitrogens with zero attached hydrogens (tertiary/aromatic N) is 2. The van der Waals surface area contributed by atoms with Gasteiger partial charge in [-0.25, -0.2) is 0 Å². The van der Waals surface area contributed by atoms with Crippen molar-refractivity contribution in [2.24, 2.45) is 0 Å². The monoisotopic (exact) mass is 276 g/mol. The van der Waals surface area contributed by atoms with Gasteiger partial charge in [-0.2, -0.15) is 0 Å². The van der Waals surface area contributed by atoms with Gasteiger partial charge in [0.15, 0.2) is 5.76 Å². The summed E-state index contributed by atoms with van der Waals surface area (Å²) in [6, 6.07) is 7.09. The predicted molar refractivity (Wildman–Crippen MR) is 71.1 cm³/mol. The van der Waals surface area contributed by atoms with E-state index in [1.807, 2.05) is 19.1 Å². The number of carbonyl (C=O) groups excluding carboxylic acids is 1. The number of rotatable bonds is 1. The minimum Gasteiger partial charge on any atom is -0.359 e. The molecule has 4 nitrogen and oxygen atoms in total. The predicted octanol–water partition coefficient (Wildman–Crippen LogP) is 2.83. The number of aryl methyl sites for hydroxylation is 1. The molecule has 0 saturated carbocycles. The van der Waals surface area contributed by atoms with E-state index in [0.717, 1.165) is 23.4 Å². The van der Waals surface area contributed by atoms with Crippen LogP contribution in [0.25, 0.3) is 0 Å². The minimum atomic E-state index is -0.0645. The van der Waals surface area contributed by atoms with Crippen LogP contribution in [0.4, 0.5) is 0 Å². The third-order valence-corrected chi connectivity index (χ3v) is 3.75. The lowest BCUT2D eigenvalue weighted by Crippen LogP contribution is -2.35. The van der Waals surface area contributed by atoms with Crippen molar-refractivity contribution in [1.29, 1.82) is 0 Å². The van der Waals surface area contributed by atoms with Crippen LogP contribution in [0, 0.1) is 6.92 Å². The molecule has 5 heteroatoms. The Labute approximate surface area is 115 Å². The lowest BCUT2D eigenvalue weighted by atomic mass is 10.0. The quantitative estimate of drug-likeness (QED) is 0.805. The molecular weight excluding hydrogens is 264 g/mol. The number of halogens is 1. The maximum Gasteiger partial charge on any atom is 0.255 e. The van der Waals surface area contributed by atoms with Crippen LogP contribution in [-0.4, -0.2) is 22.5 Å². The molecule has 19 heavy (non-hydrogen) atoms. The van der Waals surface area contributed by atoms with E-state index in [9.17, 15) is 4.79 Å². The molecule has 1 aromatic carbocycles. The summed E-state index contributed by atoms with van der Waals surface area (Å²) in [5.74, 6) is 0.717. The van der Waals surface area contributed by atoms with E-state index in [1.54, 1.807) is 17.0 Å². The lowest BCUT2D eigenvalue weighted by Gasteiger charge is -2.26. The Hall–Kier alpha value is -1.81. The molecule has 3 rings (SSSR count). The first-order valence-electron chi connectivity index (χ1n) is 6.14. The van der Waals surface area contributed by atoms with Crippen molar-refractivity contribution in [1.82, 2.24) is 10.1 Å². The number of benzene rings is 1. The normalized spacial score (nSPS) is 14.3. The van der Waals surface area contributed by atoms with Gasteiger partial charge in [-0.05, 0) is 25.5 Å². The topological polar surface area (TPSA) is 46.3 Å². The molecule has 1 amide bonds. The highest BCUT2D eigenvalue weighted by Crippen LogP contribution is 2.24. The first-order chi connectivity index (χ1) is 9.16. The number of hydrogen-bond donors (Lipinski definition) is 0. The van der Waals surface area contributed by atoms with Crippen LogP contribution in [0.1, 0.15) is 27.4 Å². The molecule has 0 N–H and O–H groups in total. The zero-order chi connectivity index (χ0) is 13.4. The third kappa shape index (κ3) is 2.12. The van der Waals surface area contributed by atoms with Gasteiger partial charge in [0.2, 0.25) is 0 Å². The Morgan fingerprint density at radius 1 is 1.42 bits per heavy atom. The van der Waals surface area contributed by atoms with Crippen LogP contribution in [0.15, 0.2) is 28.8 Å². The first kappa shape index (κ1) is 12.2. The van der Waals surface area contributed by atoms with E-state index < -0.39 is 0 Å². The van der Waals surface area contributed by atoms with Crippen LogP contribution < -0.4 is 0 Å². The van der Waals surface area contributed by atoms with Crippen LogP contribution >= 0.6 is 11.6 Å². The minimum absolute atomic E-state index is 0.0645. The molecular formula is C14H13ClN2O2. The highest BCUT2D eigenvalue weighted by Gasteiger charge is 2.26. The smallest absolute Gasteiger partial charge is 0.255 e. The van der Waals surface area contributed by atoms with Crippen molar-refractivity contribution >= 4 is 17.5 Å². The largest absolute Gasteiger partial charge is 0.359 e. The second kappa shape index (κ2) is 4.70. The van der Waals surface area contributed by atoms with Crippen LogP contribution in [0.5, 0.6) is 0 Å². The molecule has 2 aromatic rings. The lowest BCUT2D eigenvalue weighted by molar-refractivity contribution is 0.0716. The Kier molecular flexibility index (Phi) is 3.03. The average molecular weight is 277 g/mol. The molecule has 0 fully saturated rings. The van der Waals surface area contributed by atoms with E-state index in [-0.39, 0.29) is 5.91 Å². The van der Waals surface area contributed by atoms with Gasteiger partial charge in [-0.1, -0.05) is 28.9 Å². The third-order valence-electron chi connectivity index (χ3n) is 3.42. The summed E-state index contributed by atoms with van der Waals surface area (Å²) in [6.45, 7) is 3.05. The fourth-order valence-electron chi connectivity index (χ4n) is 2.36. The molecule has 1 aliphatic rings. The molecule has 0 aliphatic carbocycles. The first-order valence-corrected chi connectivity index (χ1v) is 6.52. The summed E-state index contributed by atoms with van der Waals surface area (Å²) in [7, 11) is 0. The molecule has 0 saturated heterocycles. The van der Waals surface area contributed by atoms with Crippen molar-refractivity contribution in [3.05, 3.63) is 51.9 Å². The summed E-state index contributed by atoms with van der Waals surface area (Å²) in [4.78, 5) is 14.2. The van der Waals surface area contributed by atoms with Crippen molar-refractivity contribution in [2.75, 3.05) is 6.54 Å². The number of carbonyl (C=O) groups is 1. The van der Waals surface area contributed by atoms with Crippen molar-refractivity contribution in [3.8, 4) is 0 Å². The van der Waals surface area contributed by atoms with Gasteiger partial charge in [0, 0.05) is 12.1 Å². The van der Waals surface area contributed by atoms with Gasteiger partial charge in [-0.15, -0.1) is 0 Å². The van der Waals surface area contributed by atoms with Gasteiger partial charge >= 0.3 is 0 Å². The molecule has 0 atom stereocenters. The van der Waals surface area contributed by atoms with E-state index in [4.69, 9.17) is 16.1 Å². The molecule has 0 radical (unpaired) electrons.